The molecule has 1 saturated heterocycles. The minimum absolute atomic E-state index is 0.110. The Kier molecular flexibility index (Phi) is 5.44. The topological polar surface area (TPSA) is 86.4 Å². The maximum absolute atomic E-state index is 13.9. The van der Waals surface area contributed by atoms with Crippen molar-refractivity contribution in [1.29, 1.82) is 0 Å². The maximum atomic E-state index is 13.9. The van der Waals surface area contributed by atoms with Crippen LogP contribution < -0.4 is 0 Å². The fraction of sp³-hybridized carbons (Fsp3) is 0.172. The van der Waals surface area contributed by atoms with Gasteiger partial charge in [0.1, 0.15) is 17.0 Å². The highest BCUT2D eigenvalue weighted by Crippen LogP contribution is 2.33. The third-order valence-corrected chi connectivity index (χ3v) is 7.09. The summed E-state index contributed by atoms with van der Waals surface area (Å²) in [5, 5.41) is 8.42. The summed E-state index contributed by atoms with van der Waals surface area (Å²) in [6.45, 7) is 0.568. The largest absolute Gasteiger partial charge is 0.321 e. The summed E-state index contributed by atoms with van der Waals surface area (Å²) in [5.41, 5.74) is 6.80. The van der Waals surface area contributed by atoms with Crippen LogP contribution in [0.3, 0.4) is 0 Å². The van der Waals surface area contributed by atoms with E-state index in [2.05, 4.69) is 25.1 Å². The van der Waals surface area contributed by atoms with Crippen LogP contribution in [0.4, 0.5) is 13.2 Å². The van der Waals surface area contributed by atoms with Gasteiger partial charge in [-0.2, -0.15) is 5.10 Å². The third-order valence-electron chi connectivity index (χ3n) is 7.09. The van der Waals surface area contributed by atoms with E-state index in [1.54, 1.807) is 29.6 Å². The van der Waals surface area contributed by atoms with E-state index in [4.69, 9.17) is 4.98 Å². The van der Waals surface area contributed by atoms with Crippen LogP contribution in [0, 0.1) is 5.82 Å². The Balaban J connectivity index is 1.25. The summed E-state index contributed by atoms with van der Waals surface area (Å²) in [5.74, 6) is -2.42. The van der Waals surface area contributed by atoms with Crippen LogP contribution in [0.15, 0.2) is 73.2 Å². The first-order chi connectivity index (χ1) is 18.9. The first-order valence-corrected chi connectivity index (χ1v) is 12.6. The number of nitrogens with zero attached hydrogens (tertiary/aromatic N) is 5. The van der Waals surface area contributed by atoms with E-state index in [1.807, 2.05) is 36.4 Å². The second-order valence-corrected chi connectivity index (χ2v) is 9.88. The number of benzene rings is 2. The van der Waals surface area contributed by atoms with Gasteiger partial charge >= 0.3 is 0 Å². The van der Waals surface area contributed by atoms with E-state index >= 15 is 0 Å². The Bertz CT molecular complexity index is 1840. The molecule has 7 rings (SSSR count). The van der Waals surface area contributed by atoms with Crippen molar-refractivity contribution in [3.63, 3.8) is 0 Å². The van der Waals surface area contributed by atoms with Crippen molar-refractivity contribution in [3.8, 4) is 33.8 Å². The second-order valence-electron chi connectivity index (χ2n) is 9.88. The molecule has 0 bridgehead atoms. The zero-order valence-corrected chi connectivity index (χ0v) is 20.6. The smallest absolute Gasteiger partial charge is 0.261 e. The molecule has 0 saturated carbocycles. The number of nitrogens with one attached hydrogen (secondary N) is 2. The molecule has 39 heavy (non-hydrogen) atoms. The molecule has 0 unspecified atom stereocenters. The molecule has 2 aromatic carbocycles. The van der Waals surface area contributed by atoms with Crippen LogP contribution in [0.5, 0.6) is 0 Å². The molecule has 4 aromatic heterocycles. The summed E-state index contributed by atoms with van der Waals surface area (Å²) in [6.07, 6.45) is 5.04. The molecule has 10 heteroatoms. The molecule has 7 nitrogen and oxygen atoms in total. The van der Waals surface area contributed by atoms with Gasteiger partial charge in [0.25, 0.3) is 5.92 Å². The van der Waals surface area contributed by atoms with Crippen molar-refractivity contribution in [3.05, 3.63) is 84.6 Å². The number of fused-ring (bicyclic) bond motifs is 2. The highest BCUT2D eigenvalue weighted by Gasteiger charge is 2.37. The zero-order chi connectivity index (χ0) is 26.6. The number of hydrogen-bond acceptors (Lipinski definition) is 5. The Morgan fingerprint density at radius 1 is 0.974 bits per heavy atom. The molecule has 0 aliphatic carbocycles. The number of rotatable bonds is 5. The van der Waals surface area contributed by atoms with Crippen LogP contribution in [0.2, 0.25) is 0 Å². The summed E-state index contributed by atoms with van der Waals surface area (Å²) in [4.78, 5) is 18.6. The van der Waals surface area contributed by atoms with Gasteiger partial charge in [0.15, 0.2) is 11.5 Å². The minimum Gasteiger partial charge on any atom is -0.321 e. The van der Waals surface area contributed by atoms with Crippen LogP contribution in [0.25, 0.3) is 55.8 Å². The number of aromatic amines is 2. The van der Waals surface area contributed by atoms with Crippen LogP contribution in [0.1, 0.15) is 12.0 Å². The van der Waals surface area contributed by atoms with E-state index in [-0.39, 0.29) is 18.8 Å². The van der Waals surface area contributed by atoms with Gasteiger partial charge in [-0.3, -0.25) is 15.0 Å². The third kappa shape index (κ3) is 4.42. The van der Waals surface area contributed by atoms with Crippen molar-refractivity contribution >= 4 is 22.1 Å². The fourth-order valence-electron chi connectivity index (χ4n) is 5.22. The maximum Gasteiger partial charge on any atom is 0.261 e. The lowest BCUT2D eigenvalue weighted by molar-refractivity contribution is 0.0115. The zero-order valence-electron chi connectivity index (χ0n) is 20.6. The van der Waals surface area contributed by atoms with Gasteiger partial charge in [-0.15, -0.1) is 0 Å². The van der Waals surface area contributed by atoms with Crippen molar-refractivity contribution in [2.75, 3.05) is 13.1 Å². The Labute approximate surface area is 220 Å². The minimum atomic E-state index is -2.63. The van der Waals surface area contributed by atoms with Crippen molar-refractivity contribution < 1.29 is 13.2 Å². The number of aromatic nitrogens is 6. The average Bonchev–Trinajstić information content (AvgIpc) is 3.64. The van der Waals surface area contributed by atoms with Crippen LogP contribution >= 0.6 is 0 Å². The van der Waals surface area contributed by atoms with E-state index in [0.29, 0.717) is 41.3 Å². The average molecular weight is 526 g/mol. The lowest BCUT2D eigenvalue weighted by Crippen LogP contribution is -2.24. The molecule has 6 aromatic rings. The monoisotopic (exact) mass is 525 g/mol. The number of pyridine rings is 2. The number of H-pyrrole nitrogens is 2. The number of hydrogen-bond donors (Lipinski definition) is 2. The number of imidazole rings is 1. The first-order valence-electron chi connectivity index (χ1n) is 12.6. The molecule has 0 spiro atoms. The highest BCUT2D eigenvalue weighted by molar-refractivity contribution is 5.97. The SMILES string of the molecule is Fc1cccc(-c2ccnc3[nH]c(-c4n[nH]c5ccc(-c6cncc(CN7CCC(F)(F)C7)c6)cc45)nc23)c1. The number of likely N-dealkylation sites (tertiary alicyclic amines) is 1. The molecule has 1 aliphatic heterocycles. The highest BCUT2D eigenvalue weighted by atomic mass is 19.3. The van der Waals surface area contributed by atoms with E-state index in [0.717, 1.165) is 33.2 Å². The van der Waals surface area contributed by atoms with Gasteiger partial charge in [-0.1, -0.05) is 18.2 Å². The van der Waals surface area contributed by atoms with E-state index in [1.165, 1.54) is 12.1 Å². The standard InChI is InChI=1S/C29H22F3N7/c30-21-3-1-2-19(11-21)22-6-8-34-27-25(22)35-28(36-27)26-23-12-18(4-5-24(23)37-38-26)20-10-17(13-33-14-20)15-39-9-7-29(31,32)16-39/h1-6,8,10-14H,7,9,15-16H2,(H,37,38)(H,34,35,36). The molecule has 1 aliphatic rings. The molecular weight excluding hydrogens is 503 g/mol. The van der Waals surface area contributed by atoms with Gasteiger partial charge in [-0.05, 0) is 53.1 Å². The predicted molar refractivity (Wildman–Crippen MR) is 142 cm³/mol. The Hall–Kier alpha value is -4.57. The van der Waals surface area contributed by atoms with Gasteiger partial charge in [0.05, 0.1) is 12.1 Å². The van der Waals surface area contributed by atoms with Gasteiger partial charge in [-0.25, -0.2) is 23.1 Å². The predicted octanol–water partition coefficient (Wildman–Crippen LogP) is 6.21. The molecular formula is C29H22F3N7. The lowest BCUT2D eigenvalue weighted by atomic mass is 10.0. The Morgan fingerprint density at radius 3 is 2.74 bits per heavy atom. The molecule has 0 amide bonds. The number of alkyl halides is 2. The van der Waals surface area contributed by atoms with Crippen molar-refractivity contribution in [2.24, 2.45) is 0 Å². The molecule has 194 valence electrons. The fourth-order valence-corrected chi connectivity index (χ4v) is 5.22. The normalized spacial score (nSPS) is 15.5. The molecule has 2 N–H and O–H groups in total. The lowest BCUT2D eigenvalue weighted by Gasteiger charge is -2.15. The summed E-state index contributed by atoms with van der Waals surface area (Å²) < 4.78 is 41.2. The summed E-state index contributed by atoms with van der Waals surface area (Å²) >= 11 is 0. The van der Waals surface area contributed by atoms with Crippen LogP contribution in [-0.4, -0.2) is 54.0 Å². The van der Waals surface area contributed by atoms with Gasteiger partial charge in [0, 0.05) is 54.6 Å². The van der Waals surface area contributed by atoms with Crippen molar-refractivity contribution in [1.82, 2.24) is 35.0 Å². The molecule has 0 radical (unpaired) electrons. The first kappa shape index (κ1) is 23.5. The molecule has 5 heterocycles. The molecule has 1 fully saturated rings. The summed E-state index contributed by atoms with van der Waals surface area (Å²) in [6, 6.07) is 16.1. The molecule has 0 atom stereocenters. The quantitative estimate of drug-likeness (QED) is 0.280. The van der Waals surface area contributed by atoms with Gasteiger partial charge in [0.2, 0.25) is 0 Å². The van der Waals surface area contributed by atoms with E-state index < -0.39 is 5.92 Å². The van der Waals surface area contributed by atoms with E-state index in [9.17, 15) is 13.2 Å². The van der Waals surface area contributed by atoms with Gasteiger partial charge < -0.3 is 4.98 Å². The van der Waals surface area contributed by atoms with Crippen LogP contribution in [-0.2, 0) is 6.54 Å². The summed E-state index contributed by atoms with van der Waals surface area (Å²) in [7, 11) is 0. The Morgan fingerprint density at radius 2 is 1.90 bits per heavy atom. The number of halogens is 3. The van der Waals surface area contributed by atoms with Crippen molar-refractivity contribution in [2.45, 2.75) is 18.9 Å². The second kappa shape index (κ2) is 9.02.